The quantitative estimate of drug-likeness (QED) is 0.742. The number of hydrogen-bond acceptors (Lipinski definition) is 4. The third kappa shape index (κ3) is 2.31. The van der Waals surface area contributed by atoms with Crippen molar-refractivity contribution >= 4 is 10.8 Å². The fourth-order valence-corrected chi connectivity index (χ4v) is 2.42. The van der Waals surface area contributed by atoms with E-state index in [0.29, 0.717) is 11.9 Å². The van der Waals surface area contributed by atoms with Crippen LogP contribution in [0.2, 0.25) is 0 Å². The molecule has 2 heterocycles. The number of hydrogen-bond donors (Lipinski definition) is 0. The molecule has 0 N–H and O–H groups in total. The fourth-order valence-electron chi connectivity index (χ4n) is 2.42. The van der Waals surface area contributed by atoms with Crippen LogP contribution in [0, 0.1) is 13.8 Å². The number of ether oxygens (including phenoxy) is 1. The molecule has 0 saturated heterocycles. The first-order chi connectivity index (χ1) is 10.1. The van der Waals surface area contributed by atoms with E-state index in [-0.39, 0.29) is 5.56 Å². The second kappa shape index (κ2) is 5.09. The van der Waals surface area contributed by atoms with Crippen molar-refractivity contribution in [1.29, 1.82) is 0 Å². The van der Waals surface area contributed by atoms with E-state index in [4.69, 9.17) is 9.26 Å². The molecule has 5 heteroatoms. The lowest BCUT2D eigenvalue weighted by atomic mass is 10.1. The van der Waals surface area contributed by atoms with E-state index in [1.54, 1.807) is 30.0 Å². The summed E-state index contributed by atoms with van der Waals surface area (Å²) in [4.78, 5) is 12.5. The number of pyridine rings is 1. The Morgan fingerprint density at radius 3 is 2.76 bits per heavy atom. The van der Waals surface area contributed by atoms with Crippen LogP contribution >= 0.6 is 0 Å². The zero-order valence-corrected chi connectivity index (χ0v) is 12.2. The van der Waals surface area contributed by atoms with Crippen LogP contribution in [0.15, 0.2) is 39.8 Å². The summed E-state index contributed by atoms with van der Waals surface area (Å²) >= 11 is 0. The lowest BCUT2D eigenvalue weighted by molar-refractivity contribution is 0.392. The van der Waals surface area contributed by atoms with Gasteiger partial charge in [-0.3, -0.25) is 4.79 Å². The van der Waals surface area contributed by atoms with Gasteiger partial charge in [0.2, 0.25) is 0 Å². The summed E-state index contributed by atoms with van der Waals surface area (Å²) in [7, 11) is 1.61. The Morgan fingerprint density at radius 2 is 2.10 bits per heavy atom. The Bertz CT molecular complexity index is 842. The van der Waals surface area contributed by atoms with Crippen molar-refractivity contribution in [2.45, 2.75) is 20.4 Å². The predicted molar refractivity (Wildman–Crippen MR) is 79.8 cm³/mol. The van der Waals surface area contributed by atoms with Crippen molar-refractivity contribution in [3.8, 4) is 5.75 Å². The molecule has 108 valence electrons. The second-order valence-electron chi connectivity index (χ2n) is 5.00. The first kappa shape index (κ1) is 13.4. The van der Waals surface area contributed by atoms with Crippen molar-refractivity contribution in [3.05, 3.63) is 57.8 Å². The van der Waals surface area contributed by atoms with Gasteiger partial charge in [-0.1, -0.05) is 5.16 Å². The molecule has 0 amide bonds. The van der Waals surface area contributed by atoms with Crippen LogP contribution in [0.3, 0.4) is 0 Å². The summed E-state index contributed by atoms with van der Waals surface area (Å²) in [6.07, 6.45) is 1.79. The van der Waals surface area contributed by atoms with Crippen LogP contribution in [0.1, 0.15) is 17.0 Å². The minimum absolute atomic E-state index is 0.0323. The predicted octanol–water partition coefficient (Wildman–Crippen LogP) is 2.66. The maximum absolute atomic E-state index is 12.5. The van der Waals surface area contributed by atoms with Gasteiger partial charge in [0, 0.05) is 17.1 Å². The first-order valence-corrected chi connectivity index (χ1v) is 6.69. The third-order valence-corrected chi connectivity index (χ3v) is 3.69. The molecule has 0 bridgehead atoms. The molecule has 0 aliphatic rings. The van der Waals surface area contributed by atoms with Gasteiger partial charge in [-0.15, -0.1) is 0 Å². The number of nitrogens with zero attached hydrogens (tertiary/aromatic N) is 2. The molecule has 1 aromatic carbocycles. The molecule has 0 aliphatic carbocycles. The van der Waals surface area contributed by atoms with Gasteiger partial charge in [-0.2, -0.15) is 0 Å². The van der Waals surface area contributed by atoms with Crippen LogP contribution < -0.4 is 10.3 Å². The van der Waals surface area contributed by atoms with Crippen molar-refractivity contribution in [2.75, 3.05) is 7.11 Å². The van der Waals surface area contributed by atoms with E-state index in [9.17, 15) is 4.79 Å². The van der Waals surface area contributed by atoms with Crippen LogP contribution in [0.5, 0.6) is 5.75 Å². The van der Waals surface area contributed by atoms with Crippen LogP contribution in [0.25, 0.3) is 10.8 Å². The van der Waals surface area contributed by atoms with Gasteiger partial charge in [0.05, 0.1) is 19.3 Å². The highest BCUT2D eigenvalue weighted by Crippen LogP contribution is 2.19. The van der Waals surface area contributed by atoms with Crippen molar-refractivity contribution in [2.24, 2.45) is 0 Å². The normalized spacial score (nSPS) is 11.0. The Kier molecular flexibility index (Phi) is 3.25. The fraction of sp³-hybridized carbons (Fsp3) is 0.250. The number of benzene rings is 1. The Hall–Kier alpha value is -2.56. The summed E-state index contributed by atoms with van der Waals surface area (Å²) in [6, 6.07) is 7.36. The van der Waals surface area contributed by atoms with Gasteiger partial charge >= 0.3 is 0 Å². The smallest absolute Gasteiger partial charge is 0.258 e. The Balaban J connectivity index is 2.08. The molecule has 0 saturated carbocycles. The summed E-state index contributed by atoms with van der Waals surface area (Å²) in [5, 5.41) is 5.46. The van der Waals surface area contributed by atoms with Gasteiger partial charge < -0.3 is 13.8 Å². The Morgan fingerprint density at radius 1 is 1.29 bits per heavy atom. The highest BCUT2D eigenvalue weighted by molar-refractivity contribution is 5.82. The zero-order chi connectivity index (χ0) is 15.0. The van der Waals surface area contributed by atoms with Crippen LogP contribution in [-0.2, 0) is 6.54 Å². The number of fused-ring (bicyclic) bond motifs is 1. The van der Waals surface area contributed by atoms with E-state index in [0.717, 1.165) is 28.2 Å². The zero-order valence-electron chi connectivity index (χ0n) is 12.2. The van der Waals surface area contributed by atoms with E-state index in [1.807, 2.05) is 26.0 Å². The van der Waals surface area contributed by atoms with Gasteiger partial charge in [0.15, 0.2) is 0 Å². The molecular formula is C16H16N2O3. The van der Waals surface area contributed by atoms with Crippen molar-refractivity contribution in [1.82, 2.24) is 9.72 Å². The van der Waals surface area contributed by atoms with Gasteiger partial charge in [-0.05, 0) is 43.5 Å². The molecule has 3 aromatic rings. The van der Waals surface area contributed by atoms with E-state index in [1.165, 1.54) is 0 Å². The van der Waals surface area contributed by atoms with Crippen LogP contribution in [-0.4, -0.2) is 16.8 Å². The molecule has 21 heavy (non-hydrogen) atoms. The van der Waals surface area contributed by atoms with Crippen molar-refractivity contribution < 1.29 is 9.26 Å². The number of rotatable bonds is 3. The van der Waals surface area contributed by atoms with Gasteiger partial charge in [-0.25, -0.2) is 0 Å². The lowest BCUT2D eigenvalue weighted by Gasteiger charge is -2.08. The molecule has 0 radical (unpaired) electrons. The second-order valence-corrected chi connectivity index (χ2v) is 5.00. The highest BCUT2D eigenvalue weighted by atomic mass is 16.5. The van der Waals surface area contributed by atoms with Gasteiger partial charge in [0.1, 0.15) is 11.5 Å². The molecule has 0 spiro atoms. The maximum Gasteiger partial charge on any atom is 0.258 e. The van der Waals surface area contributed by atoms with E-state index >= 15 is 0 Å². The summed E-state index contributed by atoms with van der Waals surface area (Å²) in [5.74, 6) is 1.49. The average molecular weight is 284 g/mol. The standard InChI is InChI=1S/C16H16N2O3/c1-10-15(11(2)21-17-10)9-18-7-6-12-8-13(20-3)4-5-14(12)16(18)19/h4-8H,9H2,1-3H3. The summed E-state index contributed by atoms with van der Waals surface area (Å²) < 4.78 is 12.0. The Labute approximate surface area is 121 Å². The summed E-state index contributed by atoms with van der Waals surface area (Å²) in [6.45, 7) is 4.19. The number of aromatic nitrogens is 2. The lowest BCUT2D eigenvalue weighted by Crippen LogP contribution is -2.20. The van der Waals surface area contributed by atoms with Gasteiger partial charge in [0.25, 0.3) is 5.56 Å². The van der Waals surface area contributed by atoms with Crippen LogP contribution in [0.4, 0.5) is 0 Å². The van der Waals surface area contributed by atoms with Crippen molar-refractivity contribution in [3.63, 3.8) is 0 Å². The van der Waals surface area contributed by atoms with E-state index < -0.39 is 0 Å². The minimum Gasteiger partial charge on any atom is -0.497 e. The molecule has 2 aromatic heterocycles. The molecule has 0 fully saturated rings. The summed E-state index contributed by atoms with van der Waals surface area (Å²) in [5.41, 5.74) is 1.73. The molecular weight excluding hydrogens is 268 g/mol. The maximum atomic E-state index is 12.5. The van der Waals surface area contributed by atoms with E-state index in [2.05, 4.69) is 5.16 Å². The topological polar surface area (TPSA) is 57.3 Å². The molecule has 0 atom stereocenters. The largest absolute Gasteiger partial charge is 0.497 e. The molecule has 3 rings (SSSR count). The molecule has 0 unspecified atom stereocenters. The third-order valence-electron chi connectivity index (χ3n) is 3.69. The highest BCUT2D eigenvalue weighted by Gasteiger charge is 2.11. The monoisotopic (exact) mass is 284 g/mol. The average Bonchev–Trinajstić information content (AvgIpc) is 2.81. The first-order valence-electron chi connectivity index (χ1n) is 6.69. The number of aryl methyl sites for hydroxylation is 2. The molecule has 0 aliphatic heterocycles. The SMILES string of the molecule is COc1ccc2c(=O)n(Cc3c(C)noc3C)ccc2c1. The number of methoxy groups -OCH3 is 1. The molecule has 5 nitrogen and oxygen atoms in total. The minimum atomic E-state index is -0.0323.